The lowest BCUT2D eigenvalue weighted by Gasteiger charge is -1.98. The van der Waals surface area contributed by atoms with E-state index in [1.165, 1.54) is 5.56 Å². The maximum atomic E-state index is 3.84. The van der Waals surface area contributed by atoms with E-state index in [1.807, 2.05) is 6.20 Å². The Labute approximate surface area is 74.4 Å². The van der Waals surface area contributed by atoms with Gasteiger partial charge in [0.05, 0.1) is 11.9 Å². The Morgan fingerprint density at radius 1 is 1.58 bits per heavy atom. The molecule has 0 aliphatic heterocycles. The van der Waals surface area contributed by atoms with Crippen molar-refractivity contribution in [3.8, 4) is 0 Å². The normalized spacial score (nSPS) is 10.0. The monoisotopic (exact) mass is 179 g/mol. The fourth-order valence-electron chi connectivity index (χ4n) is 0.945. The zero-order valence-electron chi connectivity index (χ0n) is 6.45. The minimum atomic E-state index is 0.864. The standard InChI is InChI=1S/C8H9N3S/c1-2-12-6-7(1)3-9-8-4-10-11-5-8/h1-2,4-6,9H,3H2,(H,10,11). The van der Waals surface area contributed by atoms with Gasteiger partial charge in [0.15, 0.2) is 0 Å². The lowest BCUT2D eigenvalue weighted by Crippen LogP contribution is -1.95. The van der Waals surface area contributed by atoms with E-state index < -0.39 is 0 Å². The molecule has 0 amide bonds. The van der Waals surface area contributed by atoms with Gasteiger partial charge in [-0.15, -0.1) is 0 Å². The summed E-state index contributed by atoms with van der Waals surface area (Å²) in [7, 11) is 0. The summed E-state index contributed by atoms with van der Waals surface area (Å²) in [4.78, 5) is 0. The molecular weight excluding hydrogens is 170 g/mol. The summed E-state index contributed by atoms with van der Waals surface area (Å²) in [5.41, 5.74) is 2.34. The maximum absolute atomic E-state index is 3.84. The number of H-pyrrole nitrogens is 1. The molecule has 0 saturated carbocycles. The SMILES string of the molecule is c1cc(CNc2cn[nH]c2)cs1. The second kappa shape index (κ2) is 3.40. The molecule has 2 aromatic rings. The van der Waals surface area contributed by atoms with Crippen molar-refractivity contribution in [1.29, 1.82) is 0 Å². The van der Waals surface area contributed by atoms with Crippen LogP contribution in [-0.4, -0.2) is 10.2 Å². The van der Waals surface area contributed by atoms with E-state index >= 15 is 0 Å². The van der Waals surface area contributed by atoms with E-state index in [2.05, 4.69) is 32.3 Å². The smallest absolute Gasteiger partial charge is 0.0726 e. The van der Waals surface area contributed by atoms with Gasteiger partial charge in [-0.05, 0) is 22.4 Å². The summed E-state index contributed by atoms with van der Waals surface area (Å²) in [6, 6.07) is 2.11. The quantitative estimate of drug-likeness (QED) is 0.757. The Hall–Kier alpha value is -1.29. The molecule has 2 heterocycles. The fourth-order valence-corrected chi connectivity index (χ4v) is 1.61. The summed E-state index contributed by atoms with van der Waals surface area (Å²) in [6.45, 7) is 0.864. The van der Waals surface area contributed by atoms with Gasteiger partial charge in [0.25, 0.3) is 0 Å². The molecule has 2 rings (SSSR count). The molecule has 0 bridgehead atoms. The van der Waals surface area contributed by atoms with Gasteiger partial charge in [0, 0.05) is 12.7 Å². The van der Waals surface area contributed by atoms with Gasteiger partial charge >= 0.3 is 0 Å². The van der Waals surface area contributed by atoms with Crippen LogP contribution in [0.5, 0.6) is 0 Å². The van der Waals surface area contributed by atoms with Gasteiger partial charge in [-0.1, -0.05) is 0 Å². The van der Waals surface area contributed by atoms with E-state index in [9.17, 15) is 0 Å². The molecule has 0 unspecified atom stereocenters. The van der Waals surface area contributed by atoms with Crippen molar-refractivity contribution in [1.82, 2.24) is 10.2 Å². The number of aromatic amines is 1. The van der Waals surface area contributed by atoms with Crippen LogP contribution in [0.1, 0.15) is 5.56 Å². The first-order valence-electron chi connectivity index (χ1n) is 3.69. The van der Waals surface area contributed by atoms with E-state index in [0.29, 0.717) is 0 Å². The zero-order valence-corrected chi connectivity index (χ0v) is 7.27. The molecule has 62 valence electrons. The largest absolute Gasteiger partial charge is 0.378 e. The number of anilines is 1. The van der Waals surface area contributed by atoms with Crippen LogP contribution < -0.4 is 5.32 Å². The second-order valence-corrected chi connectivity index (χ2v) is 3.25. The molecule has 2 aromatic heterocycles. The Morgan fingerprint density at radius 2 is 2.58 bits per heavy atom. The van der Waals surface area contributed by atoms with Crippen LogP contribution in [0, 0.1) is 0 Å². The molecule has 0 fully saturated rings. The maximum Gasteiger partial charge on any atom is 0.0726 e. The minimum Gasteiger partial charge on any atom is -0.378 e. The van der Waals surface area contributed by atoms with Crippen LogP contribution >= 0.6 is 11.3 Å². The van der Waals surface area contributed by atoms with E-state index in [0.717, 1.165) is 12.2 Å². The number of hydrogen-bond donors (Lipinski definition) is 2. The van der Waals surface area contributed by atoms with Gasteiger partial charge in [-0.25, -0.2) is 0 Å². The molecule has 0 spiro atoms. The zero-order chi connectivity index (χ0) is 8.23. The van der Waals surface area contributed by atoms with Gasteiger partial charge in [0.1, 0.15) is 0 Å². The number of thiophene rings is 1. The predicted octanol–water partition coefficient (Wildman–Crippen LogP) is 2.08. The number of nitrogens with one attached hydrogen (secondary N) is 2. The van der Waals surface area contributed by atoms with E-state index in [1.54, 1.807) is 17.5 Å². The van der Waals surface area contributed by atoms with Crippen molar-refractivity contribution in [2.75, 3.05) is 5.32 Å². The number of rotatable bonds is 3. The Bertz CT molecular complexity index is 278. The van der Waals surface area contributed by atoms with E-state index in [-0.39, 0.29) is 0 Å². The summed E-state index contributed by atoms with van der Waals surface area (Å²) in [5.74, 6) is 0. The Morgan fingerprint density at radius 3 is 3.25 bits per heavy atom. The van der Waals surface area contributed by atoms with Crippen LogP contribution in [0.15, 0.2) is 29.2 Å². The molecule has 2 N–H and O–H groups in total. The minimum absolute atomic E-state index is 0.864. The second-order valence-electron chi connectivity index (χ2n) is 2.47. The van der Waals surface area contributed by atoms with Gasteiger partial charge in [-0.2, -0.15) is 16.4 Å². The summed E-state index contributed by atoms with van der Waals surface area (Å²) in [5, 5.41) is 14.0. The molecular formula is C8H9N3S. The highest BCUT2D eigenvalue weighted by Crippen LogP contribution is 2.09. The third-order valence-electron chi connectivity index (χ3n) is 1.57. The summed E-state index contributed by atoms with van der Waals surface area (Å²) < 4.78 is 0. The average Bonchev–Trinajstić information content (AvgIpc) is 2.74. The van der Waals surface area contributed by atoms with Crippen molar-refractivity contribution >= 4 is 17.0 Å². The van der Waals surface area contributed by atoms with Crippen LogP contribution in [0.4, 0.5) is 5.69 Å². The first-order chi connectivity index (χ1) is 5.95. The highest BCUT2D eigenvalue weighted by atomic mass is 32.1. The number of hydrogen-bond acceptors (Lipinski definition) is 3. The van der Waals surface area contributed by atoms with E-state index in [4.69, 9.17) is 0 Å². The molecule has 0 atom stereocenters. The first-order valence-corrected chi connectivity index (χ1v) is 4.63. The molecule has 0 saturated heterocycles. The summed E-state index contributed by atoms with van der Waals surface area (Å²) in [6.07, 6.45) is 3.61. The summed E-state index contributed by atoms with van der Waals surface area (Å²) >= 11 is 1.71. The highest BCUT2D eigenvalue weighted by Gasteiger charge is 1.93. The van der Waals surface area contributed by atoms with Crippen molar-refractivity contribution in [3.05, 3.63) is 34.8 Å². The third-order valence-corrected chi connectivity index (χ3v) is 2.31. The van der Waals surface area contributed by atoms with Crippen molar-refractivity contribution in [2.45, 2.75) is 6.54 Å². The van der Waals surface area contributed by atoms with Crippen molar-refractivity contribution < 1.29 is 0 Å². The van der Waals surface area contributed by atoms with Crippen LogP contribution in [0.2, 0.25) is 0 Å². The average molecular weight is 179 g/mol. The topological polar surface area (TPSA) is 40.7 Å². The Kier molecular flexibility index (Phi) is 2.09. The van der Waals surface area contributed by atoms with Gasteiger partial charge < -0.3 is 5.32 Å². The van der Waals surface area contributed by atoms with Crippen LogP contribution in [-0.2, 0) is 6.54 Å². The van der Waals surface area contributed by atoms with Crippen LogP contribution in [0.3, 0.4) is 0 Å². The molecule has 3 nitrogen and oxygen atoms in total. The Balaban J connectivity index is 1.91. The predicted molar refractivity (Wildman–Crippen MR) is 50.2 cm³/mol. The number of aromatic nitrogens is 2. The van der Waals surface area contributed by atoms with Gasteiger partial charge in [0.2, 0.25) is 0 Å². The molecule has 12 heavy (non-hydrogen) atoms. The molecule has 0 aromatic carbocycles. The first kappa shape index (κ1) is 7.36. The molecule has 0 aliphatic carbocycles. The fraction of sp³-hybridized carbons (Fsp3) is 0.125. The highest BCUT2D eigenvalue weighted by molar-refractivity contribution is 7.07. The molecule has 4 heteroatoms. The molecule has 0 radical (unpaired) electrons. The van der Waals surface area contributed by atoms with Crippen LogP contribution in [0.25, 0.3) is 0 Å². The lowest BCUT2D eigenvalue weighted by molar-refractivity contribution is 1.09. The van der Waals surface area contributed by atoms with Crippen molar-refractivity contribution in [2.24, 2.45) is 0 Å². The number of nitrogens with zero attached hydrogens (tertiary/aromatic N) is 1. The lowest BCUT2D eigenvalue weighted by atomic mass is 10.3. The van der Waals surface area contributed by atoms with Gasteiger partial charge in [-0.3, -0.25) is 5.10 Å². The molecule has 0 aliphatic rings. The van der Waals surface area contributed by atoms with Crippen molar-refractivity contribution in [3.63, 3.8) is 0 Å². The third kappa shape index (κ3) is 1.65.